The van der Waals surface area contributed by atoms with Gasteiger partial charge in [0.05, 0.1) is 21.6 Å². The van der Waals surface area contributed by atoms with Crippen molar-refractivity contribution >= 4 is 51.8 Å². The van der Waals surface area contributed by atoms with Crippen LogP contribution in [0, 0.1) is 0 Å². The lowest BCUT2D eigenvalue weighted by atomic mass is 10.2. The van der Waals surface area contributed by atoms with Crippen molar-refractivity contribution in [1.82, 2.24) is 14.5 Å². The quantitative estimate of drug-likeness (QED) is 0.288. The van der Waals surface area contributed by atoms with Crippen molar-refractivity contribution in [3.8, 4) is 5.69 Å². The molecular weight excluding hydrogens is 441 g/mol. The van der Waals surface area contributed by atoms with E-state index in [1.165, 1.54) is 16.3 Å². The number of benzene rings is 2. The molecule has 0 N–H and O–H groups in total. The van der Waals surface area contributed by atoms with Gasteiger partial charge in [-0.25, -0.2) is 4.98 Å². The molecule has 2 aromatic carbocycles. The summed E-state index contributed by atoms with van der Waals surface area (Å²) in [6, 6.07) is 12.3. The fourth-order valence-electron chi connectivity index (χ4n) is 3.60. The predicted molar refractivity (Wildman–Crippen MR) is 123 cm³/mol. The van der Waals surface area contributed by atoms with Gasteiger partial charge in [0.15, 0.2) is 5.16 Å². The number of hydrogen-bond donors (Lipinski definition) is 0. The summed E-state index contributed by atoms with van der Waals surface area (Å²) in [5, 5.41) is 1.96. The van der Waals surface area contributed by atoms with Crippen LogP contribution in [0.3, 0.4) is 0 Å². The molecule has 0 unspecified atom stereocenters. The molecule has 4 rings (SSSR count). The SMILES string of the molecule is O=C(CCCSc1nc2ccccc2c(=O)n1-c1ccc(Cl)cc1Cl)N1CCCC1. The van der Waals surface area contributed by atoms with Crippen molar-refractivity contribution in [1.29, 1.82) is 0 Å². The van der Waals surface area contributed by atoms with Crippen LogP contribution in [-0.2, 0) is 4.79 Å². The molecule has 0 spiro atoms. The highest BCUT2D eigenvalue weighted by atomic mass is 35.5. The molecule has 0 radical (unpaired) electrons. The van der Waals surface area contributed by atoms with E-state index in [0.717, 1.165) is 32.4 Å². The van der Waals surface area contributed by atoms with Crippen LogP contribution >= 0.6 is 35.0 Å². The Hall–Kier alpha value is -2.02. The van der Waals surface area contributed by atoms with Crippen molar-refractivity contribution in [2.45, 2.75) is 30.8 Å². The lowest BCUT2D eigenvalue weighted by Crippen LogP contribution is -2.27. The van der Waals surface area contributed by atoms with Crippen LogP contribution in [0.5, 0.6) is 0 Å². The molecule has 1 fully saturated rings. The second kappa shape index (κ2) is 9.41. The fourth-order valence-corrected chi connectivity index (χ4v) is 5.03. The van der Waals surface area contributed by atoms with E-state index in [2.05, 4.69) is 0 Å². The van der Waals surface area contributed by atoms with Crippen LogP contribution in [0.2, 0.25) is 10.0 Å². The minimum absolute atomic E-state index is 0.180. The molecule has 1 amide bonds. The van der Waals surface area contributed by atoms with Crippen molar-refractivity contribution < 1.29 is 4.79 Å². The fraction of sp³-hybridized carbons (Fsp3) is 0.318. The maximum Gasteiger partial charge on any atom is 0.266 e. The molecule has 1 aromatic heterocycles. The highest BCUT2D eigenvalue weighted by molar-refractivity contribution is 7.99. The van der Waals surface area contributed by atoms with Gasteiger partial charge in [0, 0.05) is 30.3 Å². The topological polar surface area (TPSA) is 55.2 Å². The average molecular weight is 462 g/mol. The summed E-state index contributed by atoms with van der Waals surface area (Å²) >= 11 is 13.9. The summed E-state index contributed by atoms with van der Waals surface area (Å²) in [6.07, 6.45) is 3.41. The van der Waals surface area contributed by atoms with Gasteiger partial charge >= 0.3 is 0 Å². The summed E-state index contributed by atoms with van der Waals surface area (Å²) in [4.78, 5) is 32.2. The number of carbonyl (C=O) groups excluding carboxylic acids is 1. The average Bonchev–Trinajstić information content (AvgIpc) is 3.27. The largest absolute Gasteiger partial charge is 0.343 e. The van der Waals surface area contributed by atoms with E-state index in [1.807, 2.05) is 23.1 Å². The molecular formula is C22H21Cl2N3O2S. The zero-order valence-corrected chi connectivity index (χ0v) is 18.6. The molecule has 30 heavy (non-hydrogen) atoms. The monoisotopic (exact) mass is 461 g/mol. The van der Waals surface area contributed by atoms with Gasteiger partial charge in [0.2, 0.25) is 5.91 Å². The lowest BCUT2D eigenvalue weighted by Gasteiger charge is -2.16. The van der Waals surface area contributed by atoms with Crippen LogP contribution < -0.4 is 5.56 Å². The number of fused-ring (bicyclic) bond motifs is 1. The second-order valence-electron chi connectivity index (χ2n) is 7.19. The van der Waals surface area contributed by atoms with E-state index in [1.54, 1.807) is 24.3 Å². The second-order valence-corrected chi connectivity index (χ2v) is 9.09. The van der Waals surface area contributed by atoms with Gasteiger partial charge in [-0.05, 0) is 49.6 Å². The van der Waals surface area contributed by atoms with Gasteiger partial charge in [-0.3, -0.25) is 14.2 Å². The summed E-state index contributed by atoms with van der Waals surface area (Å²) in [7, 11) is 0. The van der Waals surface area contributed by atoms with E-state index in [0.29, 0.717) is 44.0 Å². The Morgan fingerprint density at radius 3 is 2.63 bits per heavy atom. The predicted octanol–water partition coefficient (Wildman–Crippen LogP) is 5.19. The Balaban J connectivity index is 1.61. The molecule has 0 aliphatic carbocycles. The molecule has 5 nitrogen and oxygen atoms in total. The van der Waals surface area contributed by atoms with Crippen LogP contribution in [0.1, 0.15) is 25.7 Å². The molecule has 0 atom stereocenters. The highest BCUT2D eigenvalue weighted by Gasteiger charge is 2.18. The highest BCUT2D eigenvalue weighted by Crippen LogP contribution is 2.28. The van der Waals surface area contributed by atoms with E-state index in [4.69, 9.17) is 28.2 Å². The van der Waals surface area contributed by atoms with E-state index in [9.17, 15) is 9.59 Å². The molecule has 1 aliphatic rings. The molecule has 0 bridgehead atoms. The molecule has 1 saturated heterocycles. The first-order valence-electron chi connectivity index (χ1n) is 9.92. The van der Waals surface area contributed by atoms with E-state index >= 15 is 0 Å². The maximum atomic E-state index is 13.3. The number of aromatic nitrogens is 2. The van der Waals surface area contributed by atoms with Crippen molar-refractivity contribution in [3.05, 3.63) is 62.9 Å². The van der Waals surface area contributed by atoms with Crippen molar-refractivity contribution in [2.75, 3.05) is 18.8 Å². The maximum absolute atomic E-state index is 13.3. The first-order chi connectivity index (χ1) is 14.5. The number of nitrogens with zero attached hydrogens (tertiary/aromatic N) is 3. The number of thioether (sulfide) groups is 1. The number of hydrogen-bond acceptors (Lipinski definition) is 4. The lowest BCUT2D eigenvalue weighted by molar-refractivity contribution is -0.130. The number of para-hydroxylation sites is 1. The van der Waals surface area contributed by atoms with Gasteiger partial charge in [0.25, 0.3) is 5.56 Å². The van der Waals surface area contributed by atoms with Gasteiger partial charge in [-0.15, -0.1) is 0 Å². The van der Waals surface area contributed by atoms with Gasteiger partial charge in [-0.1, -0.05) is 47.1 Å². The number of halogens is 2. The van der Waals surface area contributed by atoms with Crippen LogP contribution in [-0.4, -0.2) is 39.2 Å². The normalized spacial score (nSPS) is 13.9. The van der Waals surface area contributed by atoms with Gasteiger partial charge in [0.1, 0.15) is 0 Å². The van der Waals surface area contributed by atoms with Crippen molar-refractivity contribution in [3.63, 3.8) is 0 Å². The summed E-state index contributed by atoms with van der Waals surface area (Å²) < 4.78 is 1.54. The van der Waals surface area contributed by atoms with Crippen LogP contribution in [0.15, 0.2) is 52.4 Å². The zero-order valence-electron chi connectivity index (χ0n) is 16.3. The first kappa shape index (κ1) is 21.2. The third-order valence-corrected chi connectivity index (χ3v) is 6.68. The Bertz CT molecular complexity index is 1140. The summed E-state index contributed by atoms with van der Waals surface area (Å²) in [5.74, 6) is 0.882. The third-order valence-electron chi connectivity index (χ3n) is 5.12. The summed E-state index contributed by atoms with van der Waals surface area (Å²) in [6.45, 7) is 1.74. The molecule has 0 saturated carbocycles. The number of amides is 1. The molecule has 2 heterocycles. The number of likely N-dealkylation sites (tertiary alicyclic amines) is 1. The van der Waals surface area contributed by atoms with E-state index in [-0.39, 0.29) is 11.5 Å². The van der Waals surface area contributed by atoms with Gasteiger partial charge < -0.3 is 4.90 Å². The Kier molecular flexibility index (Phi) is 6.66. The molecule has 3 aromatic rings. The molecule has 8 heteroatoms. The van der Waals surface area contributed by atoms with Crippen molar-refractivity contribution in [2.24, 2.45) is 0 Å². The Morgan fingerprint density at radius 1 is 1.10 bits per heavy atom. The standard InChI is InChI=1S/C22H21Cl2N3O2S/c23-15-9-10-19(17(24)14-15)27-21(29)16-6-1-2-7-18(16)25-22(27)30-13-5-8-20(28)26-11-3-4-12-26/h1-2,6-7,9-10,14H,3-5,8,11-13H2. The first-order valence-corrected chi connectivity index (χ1v) is 11.7. The third kappa shape index (κ3) is 4.51. The van der Waals surface area contributed by atoms with Crippen LogP contribution in [0.4, 0.5) is 0 Å². The zero-order chi connectivity index (χ0) is 21.1. The minimum Gasteiger partial charge on any atom is -0.343 e. The summed E-state index contributed by atoms with van der Waals surface area (Å²) in [5.41, 5.74) is 1.000. The van der Waals surface area contributed by atoms with E-state index < -0.39 is 0 Å². The smallest absolute Gasteiger partial charge is 0.266 e. The van der Waals surface area contributed by atoms with Crippen LogP contribution in [0.25, 0.3) is 16.6 Å². The minimum atomic E-state index is -0.180. The number of carbonyl (C=O) groups is 1. The van der Waals surface area contributed by atoms with Gasteiger partial charge in [-0.2, -0.15) is 0 Å². The number of rotatable bonds is 6. The molecule has 156 valence electrons. The Morgan fingerprint density at radius 2 is 1.87 bits per heavy atom. The molecule has 1 aliphatic heterocycles. The Labute approximate surface area is 189 Å².